The number of rotatable bonds is 6. The lowest BCUT2D eigenvalue weighted by Crippen LogP contribution is -2.46. The molecule has 0 fully saturated rings. The lowest BCUT2D eigenvalue weighted by Gasteiger charge is -2.35. The average Bonchev–Trinajstić information content (AvgIpc) is 2.63. The molecular formula is C22H23Cl2NO3. The second-order valence-corrected chi connectivity index (χ2v) is 8.09. The zero-order chi connectivity index (χ0) is 20.7. The van der Waals surface area contributed by atoms with E-state index in [1.54, 1.807) is 23.1 Å². The van der Waals surface area contributed by atoms with Crippen molar-refractivity contribution >= 4 is 41.2 Å². The van der Waals surface area contributed by atoms with Gasteiger partial charge in [0.1, 0.15) is 0 Å². The van der Waals surface area contributed by atoms with Gasteiger partial charge in [-0.15, -0.1) is 0 Å². The van der Waals surface area contributed by atoms with E-state index < -0.39 is 11.5 Å². The maximum absolute atomic E-state index is 12.7. The minimum absolute atomic E-state index is 0.261. The molecule has 0 saturated carbocycles. The highest BCUT2D eigenvalue weighted by Gasteiger charge is 2.27. The minimum atomic E-state index is -0.618. The summed E-state index contributed by atoms with van der Waals surface area (Å²) in [6.07, 6.45) is 2.76. The van der Waals surface area contributed by atoms with E-state index in [1.807, 2.05) is 51.1 Å². The van der Waals surface area contributed by atoms with Gasteiger partial charge in [0.25, 0.3) is 5.91 Å². The summed E-state index contributed by atoms with van der Waals surface area (Å²) in [7, 11) is 0. The van der Waals surface area contributed by atoms with Crippen molar-refractivity contribution < 1.29 is 14.3 Å². The molecule has 1 amide bonds. The smallest absolute Gasteiger partial charge is 0.331 e. The zero-order valence-electron chi connectivity index (χ0n) is 16.1. The summed E-state index contributed by atoms with van der Waals surface area (Å²) in [6.45, 7) is 5.94. The maximum Gasteiger partial charge on any atom is 0.331 e. The van der Waals surface area contributed by atoms with Crippen LogP contribution in [-0.2, 0) is 20.9 Å². The van der Waals surface area contributed by atoms with E-state index in [4.69, 9.17) is 27.9 Å². The van der Waals surface area contributed by atoms with E-state index >= 15 is 0 Å². The Morgan fingerprint density at radius 1 is 1.07 bits per heavy atom. The molecule has 0 bridgehead atoms. The van der Waals surface area contributed by atoms with Crippen LogP contribution in [0.3, 0.4) is 0 Å². The molecule has 0 atom stereocenters. The Kier molecular flexibility index (Phi) is 7.67. The number of amides is 1. The number of carbonyl (C=O) groups excluding carboxylic acids is 2. The second-order valence-electron chi connectivity index (χ2n) is 7.24. The highest BCUT2D eigenvalue weighted by atomic mass is 35.5. The first kappa shape index (κ1) is 22.0. The molecule has 0 N–H and O–H groups in total. The Hall–Kier alpha value is -2.30. The van der Waals surface area contributed by atoms with Crippen LogP contribution in [0.25, 0.3) is 6.08 Å². The molecule has 0 aliphatic rings. The molecule has 28 heavy (non-hydrogen) atoms. The van der Waals surface area contributed by atoms with E-state index in [0.717, 1.165) is 5.56 Å². The lowest BCUT2D eigenvalue weighted by molar-refractivity contribution is -0.151. The fraction of sp³-hybridized carbons (Fsp3) is 0.273. The van der Waals surface area contributed by atoms with Crippen LogP contribution in [0.2, 0.25) is 10.0 Å². The summed E-state index contributed by atoms with van der Waals surface area (Å²) in [5, 5.41) is 0.936. The SMILES string of the molecule is CC(C)(C)N(Cc1ccccc1)C(=O)COC(=O)/C=C/c1ccc(Cl)cc1Cl. The molecule has 148 valence electrons. The van der Waals surface area contributed by atoms with Gasteiger partial charge >= 0.3 is 5.97 Å². The largest absolute Gasteiger partial charge is 0.452 e. The van der Waals surface area contributed by atoms with E-state index in [0.29, 0.717) is 22.2 Å². The highest BCUT2D eigenvalue weighted by Crippen LogP contribution is 2.22. The van der Waals surface area contributed by atoms with Crippen molar-refractivity contribution in [1.82, 2.24) is 4.90 Å². The third-order valence-electron chi connectivity index (χ3n) is 3.99. The summed E-state index contributed by atoms with van der Waals surface area (Å²) >= 11 is 11.9. The van der Waals surface area contributed by atoms with Gasteiger partial charge in [-0.2, -0.15) is 0 Å². The average molecular weight is 420 g/mol. The van der Waals surface area contributed by atoms with Gasteiger partial charge in [0.05, 0.1) is 0 Å². The molecule has 4 nitrogen and oxygen atoms in total. The van der Waals surface area contributed by atoms with Gasteiger partial charge < -0.3 is 9.64 Å². The monoisotopic (exact) mass is 419 g/mol. The lowest BCUT2D eigenvalue weighted by atomic mass is 10.0. The number of ether oxygens (including phenoxy) is 1. The van der Waals surface area contributed by atoms with Crippen LogP contribution in [0.4, 0.5) is 0 Å². The quantitative estimate of drug-likeness (QED) is 0.466. The fourth-order valence-corrected chi connectivity index (χ4v) is 2.99. The van der Waals surface area contributed by atoms with E-state index in [2.05, 4.69) is 0 Å². The molecule has 0 saturated heterocycles. The summed E-state index contributed by atoms with van der Waals surface area (Å²) in [4.78, 5) is 26.3. The first-order valence-corrected chi connectivity index (χ1v) is 9.56. The van der Waals surface area contributed by atoms with Gasteiger partial charge in [0.15, 0.2) is 6.61 Å². The van der Waals surface area contributed by atoms with Crippen molar-refractivity contribution in [3.8, 4) is 0 Å². The van der Waals surface area contributed by atoms with Gasteiger partial charge in [-0.25, -0.2) is 4.79 Å². The van der Waals surface area contributed by atoms with E-state index in [1.165, 1.54) is 12.2 Å². The van der Waals surface area contributed by atoms with Crippen LogP contribution < -0.4 is 0 Å². The van der Waals surface area contributed by atoms with Crippen molar-refractivity contribution in [2.24, 2.45) is 0 Å². The van der Waals surface area contributed by atoms with Crippen molar-refractivity contribution in [3.05, 3.63) is 75.8 Å². The molecule has 0 aliphatic carbocycles. The van der Waals surface area contributed by atoms with E-state index in [9.17, 15) is 9.59 Å². The number of hydrogen-bond acceptors (Lipinski definition) is 3. The molecule has 0 heterocycles. The van der Waals surface area contributed by atoms with Gasteiger partial charge in [-0.1, -0.05) is 59.6 Å². The minimum Gasteiger partial charge on any atom is -0.452 e. The summed E-state index contributed by atoms with van der Waals surface area (Å²) in [5.41, 5.74) is 1.23. The molecule has 2 aromatic rings. The summed E-state index contributed by atoms with van der Waals surface area (Å²) in [5.74, 6) is -0.879. The Bertz CT molecular complexity index is 858. The molecule has 0 aromatic heterocycles. The van der Waals surface area contributed by atoms with Crippen LogP contribution in [0.15, 0.2) is 54.6 Å². The maximum atomic E-state index is 12.7. The number of nitrogens with zero attached hydrogens (tertiary/aromatic N) is 1. The molecule has 2 rings (SSSR count). The van der Waals surface area contributed by atoms with Crippen LogP contribution in [-0.4, -0.2) is 28.9 Å². The summed E-state index contributed by atoms with van der Waals surface area (Å²) in [6, 6.07) is 14.6. The van der Waals surface area contributed by atoms with Crippen molar-refractivity contribution in [3.63, 3.8) is 0 Å². The third-order valence-corrected chi connectivity index (χ3v) is 4.56. The van der Waals surface area contributed by atoms with Crippen LogP contribution in [0.1, 0.15) is 31.9 Å². The first-order chi connectivity index (χ1) is 13.2. The predicted octanol–water partition coefficient (Wildman–Crippen LogP) is 5.38. The molecule has 0 spiro atoms. The second kappa shape index (κ2) is 9.76. The summed E-state index contributed by atoms with van der Waals surface area (Å²) < 4.78 is 5.12. The highest BCUT2D eigenvalue weighted by molar-refractivity contribution is 6.35. The van der Waals surface area contributed by atoms with Gasteiger partial charge in [-0.05, 0) is 50.1 Å². The molecule has 0 unspecified atom stereocenters. The van der Waals surface area contributed by atoms with Gasteiger partial charge in [0, 0.05) is 28.2 Å². The van der Waals surface area contributed by atoms with Crippen LogP contribution in [0, 0.1) is 0 Å². The van der Waals surface area contributed by atoms with Crippen LogP contribution in [0.5, 0.6) is 0 Å². The molecule has 0 aliphatic heterocycles. The topological polar surface area (TPSA) is 46.6 Å². The van der Waals surface area contributed by atoms with E-state index in [-0.39, 0.29) is 12.5 Å². The first-order valence-electron chi connectivity index (χ1n) is 8.81. The molecule has 6 heteroatoms. The van der Waals surface area contributed by atoms with Crippen molar-refractivity contribution in [1.29, 1.82) is 0 Å². The molecule has 0 radical (unpaired) electrons. The number of esters is 1. The number of benzene rings is 2. The predicted molar refractivity (Wildman–Crippen MR) is 113 cm³/mol. The van der Waals surface area contributed by atoms with Gasteiger partial charge in [0.2, 0.25) is 0 Å². The van der Waals surface area contributed by atoms with Crippen LogP contribution >= 0.6 is 23.2 Å². The number of hydrogen-bond donors (Lipinski definition) is 0. The number of halogens is 2. The third kappa shape index (κ3) is 6.70. The Labute approximate surface area is 175 Å². The zero-order valence-corrected chi connectivity index (χ0v) is 17.6. The van der Waals surface area contributed by atoms with Gasteiger partial charge in [-0.3, -0.25) is 4.79 Å². The molecule has 2 aromatic carbocycles. The Morgan fingerprint density at radius 2 is 1.75 bits per heavy atom. The normalized spacial score (nSPS) is 11.5. The Balaban J connectivity index is 1.97. The standard InChI is InChI=1S/C22H23Cl2NO3/c1-22(2,3)25(14-16-7-5-4-6-8-16)20(26)15-28-21(27)12-10-17-9-11-18(23)13-19(17)24/h4-13H,14-15H2,1-3H3/b12-10+. The number of carbonyl (C=O) groups is 2. The van der Waals surface area contributed by atoms with Crippen molar-refractivity contribution in [2.75, 3.05) is 6.61 Å². The molecular weight excluding hydrogens is 397 g/mol. The Morgan fingerprint density at radius 3 is 2.36 bits per heavy atom. The fourth-order valence-electron chi connectivity index (χ4n) is 2.52. The van der Waals surface area contributed by atoms with Crippen molar-refractivity contribution in [2.45, 2.75) is 32.9 Å².